The largest absolute Gasteiger partial charge is 0.441 e. The van der Waals surface area contributed by atoms with E-state index in [2.05, 4.69) is 10.6 Å². The molecule has 0 saturated heterocycles. The van der Waals surface area contributed by atoms with Gasteiger partial charge in [-0.25, -0.2) is 0 Å². The van der Waals surface area contributed by atoms with E-state index < -0.39 is 5.51 Å². The first-order valence-electron chi connectivity index (χ1n) is 6.18. The summed E-state index contributed by atoms with van der Waals surface area (Å²) in [5, 5.41) is 5.61. The Hall–Kier alpha value is -0.430. The molecule has 0 aliphatic heterocycles. The molecule has 106 valence electrons. The summed E-state index contributed by atoms with van der Waals surface area (Å²) in [7, 11) is 0. The van der Waals surface area contributed by atoms with Gasteiger partial charge in [0.1, 0.15) is 0 Å². The van der Waals surface area contributed by atoms with E-state index in [-0.39, 0.29) is 42.6 Å². The number of amides is 1. The van der Waals surface area contributed by atoms with Gasteiger partial charge in [0, 0.05) is 18.3 Å². The first-order valence-corrected chi connectivity index (χ1v) is 7.17. The van der Waals surface area contributed by atoms with E-state index >= 15 is 0 Å². The summed E-state index contributed by atoms with van der Waals surface area (Å²) in [6.07, 6.45) is 5.52. The number of carbonyl (C=O) groups excluding carboxylic acids is 1. The van der Waals surface area contributed by atoms with Crippen molar-refractivity contribution in [2.45, 2.75) is 43.7 Å². The lowest BCUT2D eigenvalue weighted by atomic mass is 9.95. The van der Waals surface area contributed by atoms with Gasteiger partial charge in [0.2, 0.25) is 5.91 Å². The van der Waals surface area contributed by atoms with Gasteiger partial charge >= 0.3 is 5.51 Å². The van der Waals surface area contributed by atoms with Crippen LogP contribution in [-0.4, -0.2) is 36.3 Å². The summed E-state index contributed by atoms with van der Waals surface area (Å²) in [6, 6.07) is 0.248. The van der Waals surface area contributed by atoms with Crippen molar-refractivity contribution in [1.82, 2.24) is 10.6 Å². The van der Waals surface area contributed by atoms with Gasteiger partial charge in [-0.2, -0.15) is 13.2 Å². The van der Waals surface area contributed by atoms with Gasteiger partial charge in [-0.15, -0.1) is 0 Å². The Balaban J connectivity index is 1.99. The van der Waals surface area contributed by atoms with Crippen LogP contribution < -0.4 is 10.6 Å². The molecule has 1 aliphatic carbocycles. The predicted molar refractivity (Wildman–Crippen MR) is 66.4 cm³/mol. The zero-order valence-electron chi connectivity index (χ0n) is 10.2. The third kappa shape index (κ3) is 7.81. The Morgan fingerprint density at radius 2 is 1.89 bits per heavy atom. The molecule has 0 atom stereocenters. The molecule has 0 radical (unpaired) electrons. The van der Waals surface area contributed by atoms with Crippen molar-refractivity contribution in [2.24, 2.45) is 0 Å². The number of alkyl halides is 3. The molecule has 1 fully saturated rings. The van der Waals surface area contributed by atoms with Crippen molar-refractivity contribution in [2.75, 3.05) is 18.8 Å². The molecule has 0 bridgehead atoms. The number of hydrogen-bond donors (Lipinski definition) is 2. The molecule has 1 aliphatic rings. The molecule has 2 N–H and O–H groups in total. The number of hydrogen-bond acceptors (Lipinski definition) is 3. The summed E-state index contributed by atoms with van der Waals surface area (Å²) < 4.78 is 35.4. The molecule has 7 heteroatoms. The molecule has 18 heavy (non-hydrogen) atoms. The summed E-state index contributed by atoms with van der Waals surface area (Å²) in [5.41, 5.74) is -4.19. The highest BCUT2D eigenvalue weighted by molar-refractivity contribution is 8.00. The predicted octanol–water partition coefficient (Wildman–Crippen LogP) is 2.28. The van der Waals surface area contributed by atoms with Gasteiger partial charge in [-0.05, 0) is 24.6 Å². The fraction of sp³-hybridized carbons (Fsp3) is 0.909. The maximum atomic E-state index is 11.8. The number of halogens is 3. The molecular formula is C11H19F3N2OS. The van der Waals surface area contributed by atoms with Gasteiger partial charge in [-0.3, -0.25) is 4.79 Å². The standard InChI is InChI=1S/C11H19F3N2OS/c12-11(13,14)18-7-6-15-8-10(17)16-9-4-2-1-3-5-9/h9,15H,1-8H2,(H,16,17). The number of rotatable bonds is 6. The monoisotopic (exact) mass is 284 g/mol. The smallest absolute Gasteiger partial charge is 0.352 e. The fourth-order valence-electron chi connectivity index (χ4n) is 1.97. The first-order chi connectivity index (χ1) is 8.47. The van der Waals surface area contributed by atoms with E-state index in [1.54, 1.807) is 0 Å². The molecule has 0 aromatic carbocycles. The quantitative estimate of drug-likeness (QED) is 0.735. The average molecular weight is 284 g/mol. The van der Waals surface area contributed by atoms with Crippen molar-refractivity contribution in [1.29, 1.82) is 0 Å². The molecule has 0 aromatic rings. The molecule has 0 heterocycles. The molecular weight excluding hydrogens is 265 g/mol. The SMILES string of the molecule is O=C(CNCCSC(F)(F)F)NC1CCCCC1. The van der Waals surface area contributed by atoms with E-state index in [1.165, 1.54) is 6.42 Å². The summed E-state index contributed by atoms with van der Waals surface area (Å²) >= 11 is -0.0733. The van der Waals surface area contributed by atoms with Crippen LogP contribution in [0.25, 0.3) is 0 Å². The molecule has 0 unspecified atom stereocenters. The van der Waals surface area contributed by atoms with Crippen molar-refractivity contribution in [3.05, 3.63) is 0 Å². The van der Waals surface area contributed by atoms with Crippen LogP contribution in [0.5, 0.6) is 0 Å². The molecule has 0 aromatic heterocycles. The van der Waals surface area contributed by atoms with E-state index in [0.717, 1.165) is 25.7 Å². The zero-order chi connectivity index (χ0) is 13.4. The van der Waals surface area contributed by atoms with Crippen LogP contribution in [-0.2, 0) is 4.79 Å². The Morgan fingerprint density at radius 3 is 2.50 bits per heavy atom. The van der Waals surface area contributed by atoms with Crippen LogP contribution in [0.3, 0.4) is 0 Å². The van der Waals surface area contributed by atoms with Gasteiger partial charge < -0.3 is 10.6 Å². The molecule has 1 amide bonds. The Bertz CT molecular complexity index is 255. The first kappa shape index (κ1) is 15.6. The van der Waals surface area contributed by atoms with Crippen molar-refractivity contribution in [3.8, 4) is 0 Å². The van der Waals surface area contributed by atoms with Crippen LogP contribution in [0.2, 0.25) is 0 Å². The minimum Gasteiger partial charge on any atom is -0.352 e. The minimum atomic E-state index is -4.19. The Morgan fingerprint density at radius 1 is 1.22 bits per heavy atom. The molecule has 3 nitrogen and oxygen atoms in total. The van der Waals surface area contributed by atoms with Crippen LogP contribution in [0.1, 0.15) is 32.1 Å². The van der Waals surface area contributed by atoms with Crippen molar-refractivity contribution < 1.29 is 18.0 Å². The second-order valence-electron chi connectivity index (χ2n) is 4.37. The van der Waals surface area contributed by atoms with E-state index in [4.69, 9.17) is 0 Å². The van der Waals surface area contributed by atoms with Crippen LogP contribution in [0.4, 0.5) is 13.2 Å². The summed E-state index contributed by atoms with van der Waals surface area (Å²) in [4.78, 5) is 11.5. The van der Waals surface area contributed by atoms with Crippen LogP contribution in [0, 0.1) is 0 Å². The second-order valence-corrected chi connectivity index (χ2v) is 5.53. The lowest BCUT2D eigenvalue weighted by molar-refractivity contribution is -0.121. The number of thioether (sulfide) groups is 1. The lowest BCUT2D eigenvalue weighted by Crippen LogP contribution is -2.41. The van der Waals surface area contributed by atoms with Gasteiger partial charge in [0.05, 0.1) is 6.54 Å². The fourth-order valence-corrected chi connectivity index (χ4v) is 2.44. The lowest BCUT2D eigenvalue weighted by Gasteiger charge is -2.22. The van der Waals surface area contributed by atoms with Crippen LogP contribution >= 0.6 is 11.8 Å². The average Bonchev–Trinajstić information content (AvgIpc) is 2.28. The number of nitrogens with one attached hydrogen (secondary N) is 2. The highest BCUT2D eigenvalue weighted by Crippen LogP contribution is 2.29. The van der Waals surface area contributed by atoms with Gasteiger partial charge in [0.15, 0.2) is 0 Å². The third-order valence-electron chi connectivity index (χ3n) is 2.80. The van der Waals surface area contributed by atoms with E-state index in [0.29, 0.717) is 0 Å². The van der Waals surface area contributed by atoms with Crippen molar-refractivity contribution >= 4 is 17.7 Å². The van der Waals surface area contributed by atoms with Crippen molar-refractivity contribution in [3.63, 3.8) is 0 Å². The minimum absolute atomic E-state index is 0.0692. The van der Waals surface area contributed by atoms with E-state index in [9.17, 15) is 18.0 Å². The van der Waals surface area contributed by atoms with E-state index in [1.807, 2.05) is 0 Å². The molecule has 1 saturated carbocycles. The molecule has 0 spiro atoms. The van der Waals surface area contributed by atoms with Gasteiger partial charge in [0.25, 0.3) is 0 Å². The topological polar surface area (TPSA) is 41.1 Å². The maximum Gasteiger partial charge on any atom is 0.441 e. The highest BCUT2D eigenvalue weighted by atomic mass is 32.2. The Kier molecular flexibility index (Phi) is 6.85. The normalized spacial score (nSPS) is 17.7. The van der Waals surface area contributed by atoms with Gasteiger partial charge in [-0.1, -0.05) is 19.3 Å². The maximum absolute atomic E-state index is 11.8. The third-order valence-corrected chi connectivity index (χ3v) is 3.54. The second kappa shape index (κ2) is 7.89. The summed E-state index contributed by atoms with van der Waals surface area (Å²) in [5.74, 6) is -0.195. The molecule has 1 rings (SSSR count). The Labute approximate surface area is 109 Å². The van der Waals surface area contributed by atoms with Crippen LogP contribution in [0.15, 0.2) is 0 Å². The zero-order valence-corrected chi connectivity index (χ0v) is 11.0. The number of carbonyl (C=O) groups is 1. The summed E-state index contributed by atoms with van der Waals surface area (Å²) in [6.45, 7) is 0.275. The highest BCUT2D eigenvalue weighted by Gasteiger charge is 2.27.